The van der Waals surface area contributed by atoms with Gasteiger partial charge in [0.2, 0.25) is 0 Å². The van der Waals surface area contributed by atoms with Crippen LogP contribution in [-0.4, -0.2) is 30.7 Å². The Morgan fingerprint density at radius 2 is 0.395 bits per heavy atom. The van der Waals surface area contributed by atoms with E-state index in [9.17, 15) is 0 Å². The van der Waals surface area contributed by atoms with Crippen LogP contribution in [0.2, 0.25) is 0 Å². The van der Waals surface area contributed by atoms with E-state index in [2.05, 4.69) is 27.7 Å². The van der Waals surface area contributed by atoms with Gasteiger partial charge in [0.25, 0.3) is 0 Å². The molecular formula is C36H76FN. The molecule has 0 aromatic rings. The fourth-order valence-electron chi connectivity index (χ4n) is 6.29. The third-order valence-corrected chi connectivity index (χ3v) is 8.94. The molecule has 0 amide bonds. The first-order chi connectivity index (χ1) is 18.2. The first-order valence-corrected chi connectivity index (χ1v) is 18.1. The van der Waals surface area contributed by atoms with Crippen molar-refractivity contribution in [1.29, 1.82) is 0 Å². The SMILES string of the molecule is CCCCCCCCC[N+](CCCCCCCCC)(CCCCCCCCC)CCCCCCCCC.[F-]. The van der Waals surface area contributed by atoms with Crippen LogP contribution < -0.4 is 4.70 Å². The van der Waals surface area contributed by atoms with Gasteiger partial charge < -0.3 is 9.19 Å². The van der Waals surface area contributed by atoms with Crippen LogP contribution in [0.25, 0.3) is 0 Å². The van der Waals surface area contributed by atoms with E-state index in [-0.39, 0.29) is 4.70 Å². The second-order valence-electron chi connectivity index (χ2n) is 12.7. The molecule has 0 rings (SSSR count). The lowest BCUT2D eigenvalue weighted by molar-refractivity contribution is -0.929. The standard InChI is InChI=1S/C36H76N.FH/c1-5-9-13-17-21-25-29-33-37(34-30-26-22-18-14-10-6-2,35-31-27-23-19-15-11-7-3)36-32-28-24-20-16-12-8-4;/h5-36H2,1-4H3;1H/q+1;/p-1. The average Bonchev–Trinajstić information content (AvgIpc) is 2.91. The summed E-state index contributed by atoms with van der Waals surface area (Å²) in [6.07, 6.45) is 40.7. The molecule has 0 N–H and O–H groups in total. The first kappa shape index (κ1) is 40.0. The monoisotopic (exact) mass is 542 g/mol. The van der Waals surface area contributed by atoms with Crippen molar-refractivity contribution < 1.29 is 9.19 Å². The molecule has 0 aliphatic rings. The fraction of sp³-hybridized carbons (Fsp3) is 1.00. The van der Waals surface area contributed by atoms with E-state index >= 15 is 0 Å². The van der Waals surface area contributed by atoms with Crippen molar-refractivity contribution in [2.24, 2.45) is 0 Å². The van der Waals surface area contributed by atoms with Gasteiger partial charge in [-0.3, -0.25) is 0 Å². The van der Waals surface area contributed by atoms with Gasteiger partial charge in [-0.1, -0.05) is 156 Å². The van der Waals surface area contributed by atoms with E-state index in [1.807, 2.05) is 0 Å². The highest BCUT2D eigenvalue weighted by molar-refractivity contribution is 4.55. The molecule has 1 nitrogen and oxygen atoms in total. The molecule has 0 atom stereocenters. The minimum absolute atomic E-state index is 0. The lowest BCUT2D eigenvalue weighted by Crippen LogP contribution is -3.00. The number of nitrogens with zero attached hydrogens (tertiary/aromatic N) is 1. The molecule has 2 heteroatoms. The maximum atomic E-state index is 2.34. The van der Waals surface area contributed by atoms with E-state index in [4.69, 9.17) is 0 Å². The molecular weight excluding hydrogens is 465 g/mol. The summed E-state index contributed by atoms with van der Waals surface area (Å²) in [4.78, 5) is 0. The number of rotatable bonds is 32. The highest BCUT2D eigenvalue weighted by atomic mass is 19.0. The molecule has 232 valence electrons. The summed E-state index contributed by atoms with van der Waals surface area (Å²) in [5, 5.41) is 0. The van der Waals surface area contributed by atoms with Crippen molar-refractivity contribution in [3.8, 4) is 0 Å². The van der Waals surface area contributed by atoms with Crippen LogP contribution in [0.15, 0.2) is 0 Å². The van der Waals surface area contributed by atoms with E-state index < -0.39 is 0 Å². The highest BCUT2D eigenvalue weighted by Crippen LogP contribution is 2.21. The summed E-state index contributed by atoms with van der Waals surface area (Å²) in [5.41, 5.74) is 0. The second-order valence-corrected chi connectivity index (χ2v) is 12.7. The minimum atomic E-state index is 0. The quantitative estimate of drug-likeness (QED) is 0.0587. The van der Waals surface area contributed by atoms with Crippen LogP contribution in [0.1, 0.15) is 207 Å². The molecule has 0 unspecified atom stereocenters. The van der Waals surface area contributed by atoms with Gasteiger partial charge in [0, 0.05) is 0 Å². The fourth-order valence-corrected chi connectivity index (χ4v) is 6.29. The maximum Gasteiger partial charge on any atom is 0.0786 e. The van der Waals surface area contributed by atoms with Crippen LogP contribution in [0.5, 0.6) is 0 Å². The summed E-state index contributed by atoms with van der Waals surface area (Å²) in [6, 6.07) is 0. The number of halogens is 1. The van der Waals surface area contributed by atoms with Gasteiger partial charge >= 0.3 is 0 Å². The lowest BCUT2D eigenvalue weighted by Gasteiger charge is -2.40. The van der Waals surface area contributed by atoms with Crippen molar-refractivity contribution >= 4 is 0 Å². The molecule has 0 aromatic heterocycles. The van der Waals surface area contributed by atoms with Crippen LogP contribution in [0, 0.1) is 0 Å². The third-order valence-electron chi connectivity index (χ3n) is 8.94. The van der Waals surface area contributed by atoms with Gasteiger partial charge in [-0.2, -0.15) is 0 Å². The Labute approximate surface area is 242 Å². The first-order valence-electron chi connectivity index (χ1n) is 18.1. The smallest absolute Gasteiger partial charge is 0.0786 e. The van der Waals surface area contributed by atoms with Crippen LogP contribution >= 0.6 is 0 Å². The third kappa shape index (κ3) is 27.5. The van der Waals surface area contributed by atoms with Crippen LogP contribution in [-0.2, 0) is 0 Å². The summed E-state index contributed by atoms with van der Waals surface area (Å²) in [7, 11) is 0. The zero-order chi connectivity index (χ0) is 27.1. The maximum absolute atomic E-state index is 2.34. The van der Waals surface area contributed by atoms with E-state index in [1.165, 1.54) is 210 Å². The van der Waals surface area contributed by atoms with Crippen molar-refractivity contribution in [2.45, 2.75) is 207 Å². The normalized spacial score (nSPS) is 11.7. The topological polar surface area (TPSA) is 0 Å². The van der Waals surface area contributed by atoms with E-state index in [1.54, 1.807) is 0 Å². The molecule has 0 spiro atoms. The number of hydrogen-bond donors (Lipinski definition) is 0. The summed E-state index contributed by atoms with van der Waals surface area (Å²) in [6.45, 7) is 15.3. The molecule has 0 saturated heterocycles. The van der Waals surface area contributed by atoms with Gasteiger partial charge in [-0.05, 0) is 51.4 Å². The summed E-state index contributed by atoms with van der Waals surface area (Å²) in [5.74, 6) is 0. The van der Waals surface area contributed by atoms with Crippen LogP contribution in [0.4, 0.5) is 0 Å². The Morgan fingerprint density at radius 1 is 0.237 bits per heavy atom. The highest BCUT2D eigenvalue weighted by Gasteiger charge is 2.25. The number of unbranched alkanes of at least 4 members (excludes halogenated alkanes) is 24. The molecule has 0 fully saturated rings. The largest absolute Gasteiger partial charge is 1.00 e. The molecule has 0 aromatic carbocycles. The van der Waals surface area contributed by atoms with Gasteiger partial charge in [0.1, 0.15) is 0 Å². The molecule has 0 saturated carbocycles. The van der Waals surface area contributed by atoms with E-state index in [0.29, 0.717) is 0 Å². The second kappa shape index (κ2) is 33.1. The number of hydrogen-bond acceptors (Lipinski definition) is 0. The average molecular weight is 542 g/mol. The minimum Gasteiger partial charge on any atom is -1.00 e. The summed E-state index contributed by atoms with van der Waals surface area (Å²) < 4.78 is 1.48. The van der Waals surface area contributed by atoms with Gasteiger partial charge in [0.05, 0.1) is 26.2 Å². The van der Waals surface area contributed by atoms with Crippen molar-refractivity contribution in [3.05, 3.63) is 0 Å². The zero-order valence-corrected chi connectivity index (χ0v) is 27.5. The Hall–Kier alpha value is -0.110. The van der Waals surface area contributed by atoms with Gasteiger partial charge in [-0.15, -0.1) is 0 Å². The molecule has 0 aliphatic carbocycles. The predicted molar refractivity (Wildman–Crippen MR) is 172 cm³/mol. The Balaban J connectivity index is 0. The Morgan fingerprint density at radius 3 is 0.579 bits per heavy atom. The number of quaternary nitrogens is 1. The summed E-state index contributed by atoms with van der Waals surface area (Å²) >= 11 is 0. The van der Waals surface area contributed by atoms with Gasteiger partial charge in [0.15, 0.2) is 0 Å². The van der Waals surface area contributed by atoms with E-state index in [0.717, 1.165) is 0 Å². The lowest BCUT2D eigenvalue weighted by atomic mass is 10.0. The van der Waals surface area contributed by atoms with Crippen molar-refractivity contribution in [3.63, 3.8) is 0 Å². The van der Waals surface area contributed by atoms with Crippen LogP contribution in [0.3, 0.4) is 0 Å². The molecule has 0 bridgehead atoms. The predicted octanol–water partition coefficient (Wildman–Crippen LogP) is 9.81. The van der Waals surface area contributed by atoms with Crippen molar-refractivity contribution in [1.82, 2.24) is 0 Å². The van der Waals surface area contributed by atoms with Crippen molar-refractivity contribution in [2.75, 3.05) is 26.2 Å². The Bertz CT molecular complexity index is 333. The van der Waals surface area contributed by atoms with Gasteiger partial charge in [-0.25, -0.2) is 0 Å². The molecule has 0 heterocycles. The zero-order valence-electron chi connectivity index (χ0n) is 27.5. The molecule has 0 aliphatic heterocycles. The Kier molecular flexibility index (Phi) is 34.9. The molecule has 38 heavy (non-hydrogen) atoms. The molecule has 0 radical (unpaired) electrons.